The molecule has 0 spiro atoms. The number of hydrogen-bond donors (Lipinski definition) is 1. The number of methoxy groups -OCH3 is 3. The highest BCUT2D eigenvalue weighted by Gasteiger charge is 2.16. The molecule has 25 heavy (non-hydrogen) atoms. The smallest absolute Gasteiger partial charge is 0.412 e. The topological polar surface area (TPSA) is 88.0 Å². The Hall–Kier alpha value is -2.74. The molecule has 136 valence electrons. The first kappa shape index (κ1) is 18.6. The number of amides is 1. The first-order valence-corrected chi connectivity index (χ1v) is 7.79. The quantitative estimate of drug-likeness (QED) is 0.766. The lowest BCUT2D eigenvalue weighted by atomic mass is 10.1. The van der Waals surface area contributed by atoms with Crippen molar-refractivity contribution >= 4 is 16.9 Å². The number of rotatable bonds is 7. The van der Waals surface area contributed by atoms with Gasteiger partial charge in [-0.1, -0.05) is 0 Å². The molecule has 0 unspecified atom stereocenters. The zero-order valence-electron chi connectivity index (χ0n) is 14.8. The van der Waals surface area contributed by atoms with Crippen molar-refractivity contribution in [3.05, 3.63) is 28.7 Å². The predicted molar refractivity (Wildman–Crippen MR) is 92.9 cm³/mol. The zero-order valence-corrected chi connectivity index (χ0v) is 14.8. The van der Waals surface area contributed by atoms with Crippen molar-refractivity contribution < 1.29 is 23.7 Å². The van der Waals surface area contributed by atoms with Gasteiger partial charge in [-0.15, -0.1) is 0 Å². The van der Waals surface area contributed by atoms with Gasteiger partial charge < -0.3 is 28.8 Å². The lowest BCUT2D eigenvalue weighted by Gasteiger charge is -2.14. The molecule has 1 heterocycles. The van der Waals surface area contributed by atoms with Gasteiger partial charge in [-0.25, -0.2) is 4.79 Å². The average Bonchev–Trinajstić information content (AvgIpc) is 2.63. The molecule has 0 radical (unpaired) electrons. The van der Waals surface area contributed by atoms with Gasteiger partial charge in [0.1, 0.15) is 0 Å². The molecule has 1 aromatic carbocycles. The van der Waals surface area contributed by atoms with Crippen molar-refractivity contribution in [1.82, 2.24) is 9.88 Å². The number of nitrogens with one attached hydrogen (secondary N) is 1. The standard InChI is InChI=1S/C17H22N2O6/c1-5-19-10-15(25-17(21)18-6-7-22-2)11-8-13(23-3)14(24-4)9-12(11)16(19)20/h8-10H,5-7H2,1-4H3,(H,18,21). The van der Waals surface area contributed by atoms with Crippen molar-refractivity contribution in [3.63, 3.8) is 0 Å². The molecule has 0 saturated heterocycles. The lowest BCUT2D eigenvalue weighted by Crippen LogP contribution is -2.30. The Labute approximate surface area is 145 Å². The Kier molecular flexibility index (Phi) is 6.24. The summed E-state index contributed by atoms with van der Waals surface area (Å²) in [4.78, 5) is 24.5. The first-order valence-electron chi connectivity index (χ1n) is 7.79. The molecule has 1 amide bonds. The molecule has 2 aromatic rings. The van der Waals surface area contributed by atoms with E-state index in [1.165, 1.54) is 32.1 Å². The molecular formula is C17H22N2O6. The number of hydrogen-bond acceptors (Lipinski definition) is 6. The van der Waals surface area contributed by atoms with E-state index in [2.05, 4.69) is 5.32 Å². The average molecular weight is 350 g/mol. The molecule has 0 atom stereocenters. The number of ether oxygens (including phenoxy) is 4. The lowest BCUT2D eigenvalue weighted by molar-refractivity contribution is 0.180. The van der Waals surface area contributed by atoms with Crippen LogP contribution in [-0.4, -0.2) is 45.1 Å². The molecule has 0 aliphatic heterocycles. The molecule has 8 heteroatoms. The van der Waals surface area contributed by atoms with E-state index in [-0.39, 0.29) is 11.3 Å². The number of benzene rings is 1. The summed E-state index contributed by atoms with van der Waals surface area (Å²) < 4.78 is 22.2. The van der Waals surface area contributed by atoms with Crippen molar-refractivity contribution in [3.8, 4) is 17.2 Å². The SMILES string of the molecule is CCn1cc(OC(=O)NCCOC)c2cc(OC)c(OC)cc2c1=O. The number of carbonyl (C=O) groups excluding carboxylic acids is 1. The molecule has 1 aromatic heterocycles. The van der Waals surface area contributed by atoms with Gasteiger partial charge in [0.15, 0.2) is 17.2 Å². The minimum absolute atomic E-state index is 0.203. The van der Waals surface area contributed by atoms with E-state index in [0.29, 0.717) is 42.0 Å². The molecule has 0 aliphatic carbocycles. The Bertz CT molecular complexity index is 815. The highest BCUT2D eigenvalue weighted by molar-refractivity contribution is 5.92. The summed E-state index contributed by atoms with van der Waals surface area (Å²) in [6.45, 7) is 2.95. The molecule has 0 bridgehead atoms. The predicted octanol–water partition coefficient (Wildman–Crippen LogP) is 1.77. The first-order chi connectivity index (χ1) is 12.0. The van der Waals surface area contributed by atoms with E-state index in [1.807, 2.05) is 6.92 Å². The summed E-state index contributed by atoms with van der Waals surface area (Å²) >= 11 is 0. The van der Waals surface area contributed by atoms with E-state index < -0.39 is 6.09 Å². The van der Waals surface area contributed by atoms with Crippen LogP contribution in [0.25, 0.3) is 10.8 Å². The molecule has 0 fully saturated rings. The molecule has 1 N–H and O–H groups in total. The second-order valence-corrected chi connectivity index (χ2v) is 5.15. The fourth-order valence-corrected chi connectivity index (χ4v) is 2.39. The highest BCUT2D eigenvalue weighted by Crippen LogP contribution is 2.34. The number of aryl methyl sites for hydroxylation is 1. The number of carbonyl (C=O) groups is 1. The zero-order chi connectivity index (χ0) is 18.4. The Balaban J connectivity index is 2.52. The van der Waals surface area contributed by atoms with Crippen LogP contribution in [0, 0.1) is 0 Å². The number of fused-ring (bicyclic) bond motifs is 1. The van der Waals surface area contributed by atoms with E-state index in [1.54, 1.807) is 12.1 Å². The third kappa shape index (κ3) is 4.03. The number of nitrogens with zero attached hydrogens (tertiary/aromatic N) is 1. The molecule has 8 nitrogen and oxygen atoms in total. The van der Waals surface area contributed by atoms with E-state index in [9.17, 15) is 9.59 Å². The third-order valence-electron chi connectivity index (χ3n) is 3.67. The maximum Gasteiger partial charge on any atom is 0.412 e. The van der Waals surface area contributed by atoms with Gasteiger partial charge in [0.25, 0.3) is 5.56 Å². The van der Waals surface area contributed by atoms with Gasteiger partial charge >= 0.3 is 6.09 Å². The Morgan fingerprint density at radius 1 is 1.08 bits per heavy atom. The minimum Gasteiger partial charge on any atom is -0.493 e. The largest absolute Gasteiger partial charge is 0.493 e. The maximum atomic E-state index is 12.6. The van der Waals surface area contributed by atoms with Crippen LogP contribution in [0.3, 0.4) is 0 Å². The fourth-order valence-electron chi connectivity index (χ4n) is 2.39. The highest BCUT2D eigenvalue weighted by atomic mass is 16.6. The summed E-state index contributed by atoms with van der Waals surface area (Å²) in [5.41, 5.74) is -0.203. The van der Waals surface area contributed by atoms with Gasteiger partial charge in [-0.3, -0.25) is 4.79 Å². The molecule has 0 aliphatic rings. The van der Waals surface area contributed by atoms with Crippen LogP contribution in [-0.2, 0) is 11.3 Å². The van der Waals surface area contributed by atoms with Gasteiger partial charge in [0.2, 0.25) is 0 Å². The van der Waals surface area contributed by atoms with Gasteiger partial charge in [-0.05, 0) is 19.1 Å². The second kappa shape index (κ2) is 8.39. The van der Waals surface area contributed by atoms with E-state index in [0.717, 1.165) is 0 Å². The normalized spacial score (nSPS) is 10.6. The molecule has 2 rings (SSSR count). The third-order valence-corrected chi connectivity index (χ3v) is 3.67. The molecular weight excluding hydrogens is 328 g/mol. The van der Waals surface area contributed by atoms with Crippen LogP contribution in [0.5, 0.6) is 17.2 Å². The van der Waals surface area contributed by atoms with Crippen LogP contribution in [0.2, 0.25) is 0 Å². The van der Waals surface area contributed by atoms with E-state index >= 15 is 0 Å². The van der Waals surface area contributed by atoms with Crippen molar-refractivity contribution in [1.29, 1.82) is 0 Å². The summed E-state index contributed by atoms with van der Waals surface area (Å²) in [6.07, 6.45) is 0.876. The van der Waals surface area contributed by atoms with Crippen LogP contribution < -0.4 is 25.1 Å². The Morgan fingerprint density at radius 2 is 1.72 bits per heavy atom. The van der Waals surface area contributed by atoms with E-state index in [4.69, 9.17) is 18.9 Å². The van der Waals surface area contributed by atoms with Gasteiger partial charge in [-0.2, -0.15) is 0 Å². The van der Waals surface area contributed by atoms with Crippen LogP contribution in [0.4, 0.5) is 4.79 Å². The van der Waals surface area contributed by atoms with Crippen LogP contribution in [0.1, 0.15) is 6.92 Å². The molecule has 0 saturated carbocycles. The summed E-state index contributed by atoms with van der Waals surface area (Å²) in [7, 11) is 4.53. The van der Waals surface area contributed by atoms with Crippen molar-refractivity contribution in [2.24, 2.45) is 0 Å². The van der Waals surface area contributed by atoms with Crippen molar-refractivity contribution in [2.45, 2.75) is 13.5 Å². The summed E-state index contributed by atoms with van der Waals surface area (Å²) in [5.74, 6) is 1.12. The second-order valence-electron chi connectivity index (χ2n) is 5.15. The van der Waals surface area contributed by atoms with Crippen molar-refractivity contribution in [2.75, 3.05) is 34.5 Å². The van der Waals surface area contributed by atoms with Gasteiger partial charge in [0.05, 0.1) is 32.4 Å². The maximum absolute atomic E-state index is 12.6. The monoisotopic (exact) mass is 350 g/mol. The minimum atomic E-state index is -0.630. The van der Waals surface area contributed by atoms with Gasteiger partial charge in [0, 0.05) is 25.6 Å². The van der Waals surface area contributed by atoms with Crippen LogP contribution >= 0.6 is 0 Å². The fraction of sp³-hybridized carbons (Fsp3) is 0.412. The number of aromatic nitrogens is 1. The Morgan fingerprint density at radius 3 is 2.28 bits per heavy atom. The van der Waals surface area contributed by atoms with Crippen LogP contribution in [0.15, 0.2) is 23.1 Å². The summed E-state index contributed by atoms with van der Waals surface area (Å²) in [6, 6.07) is 3.20. The summed E-state index contributed by atoms with van der Waals surface area (Å²) in [5, 5.41) is 3.41. The number of pyridine rings is 1.